The van der Waals surface area contributed by atoms with Gasteiger partial charge in [-0.2, -0.15) is 17.6 Å². The van der Waals surface area contributed by atoms with Gasteiger partial charge in [0.25, 0.3) is 46.0 Å². The number of aromatic nitrogens is 6. The van der Waals surface area contributed by atoms with Crippen LogP contribution in [-0.4, -0.2) is 185 Å². The molecule has 4 saturated heterocycles. The fourth-order valence-electron chi connectivity index (χ4n) is 11.5. The molecule has 43 nitrogen and oxygen atoms in total. The van der Waals surface area contributed by atoms with Crippen LogP contribution in [-0.2, 0) is 105 Å². The minimum absolute atomic E-state index is 0.0364. The SMILES string of the molecule is O=c1[nH]c(=O)n([C@@H]2O[C@](F)(COP3(=O)OCc4cc(Cl)ccc4O3)[C@@H](O)[C@H]2O)cc1F.[2H]C([2H])(OP1(=O)OCc2cc(Cl)ccc2O1)[C@@]1(F)O[C@@H](n2cc(F)c(=O)[nH]c2=O)[C@H](O)[C@@H]1O.[2H]C([2H])(OP1(=O)OCc2cc(Cl)ccc2O1)[C@@]1(F)O[C@@]([2H])(N2C=C(F)C(=O)NC2=C)[C@H](O)[C@@H]1O.[2H][C@@]1(n2cc(F)c(=O)[nH]c2=O)O[C@](F)(COP2(=O)OCc3cc(Cl)ccc3O2)[C@@H](O)[C@H]1O. The van der Waals surface area contributed by atoms with Crippen molar-refractivity contribution in [2.45, 2.75) is 124 Å². The highest BCUT2D eigenvalue weighted by Crippen LogP contribution is 2.60. The standard InChI is InChI=1S/C17H16ClF2N2O8P.3C16H14ClF2N2O9P/c1-8-21-15(25)11(19)5-22(8)16-13(23)14(24)17(20,29-16)7-28-31(26)27-6-9-4-10(18)2-3-12(9)30-31;3*17-8-1-2-10-7(3-8)5-27-31(26,30-10)28-6-16(19)12(23)11(22)14(29-16)21-4-9(18)13(24)20-15(21)25/h2-5,13-14,16,23-24H,1,6-7H2,(H,21,25);3*1-4,11-12,14,22-23H,5-6H2,(H,20,24,25)/t13-,14+,16-,17-,31?;3*11-,12+,14-,16-,31?/m1111/s1/i7D2,16D;14D;6D2;. The molecule has 3 aromatic heterocycles. The zero-order chi connectivity index (χ0) is 95.6. The van der Waals surface area contributed by atoms with Crippen LogP contribution in [0, 0.1) is 17.5 Å². The molecule has 0 bridgehead atoms. The number of phosphoric ester groups is 4. The number of halogens is 12. The second-order valence-electron chi connectivity index (χ2n) is 26.2. The minimum atomic E-state index is -4.88. The summed E-state index contributed by atoms with van der Waals surface area (Å²) >= 11 is 23.3. The third-order valence-electron chi connectivity index (χ3n) is 17.8. The monoisotopic (exact) mass is 1930 g/mol. The lowest BCUT2D eigenvalue weighted by Crippen LogP contribution is -2.47. The predicted molar refractivity (Wildman–Crippen MR) is 393 cm³/mol. The summed E-state index contributed by atoms with van der Waals surface area (Å²) in [7, 11) is -18.5. The highest BCUT2D eigenvalue weighted by Gasteiger charge is 2.63. The smallest absolute Gasteiger partial charge is 0.404 e. The van der Waals surface area contributed by atoms with E-state index in [1.54, 1.807) is 4.98 Å². The molecule has 20 atom stereocenters. The summed E-state index contributed by atoms with van der Waals surface area (Å²) < 4.78 is 295. The Labute approximate surface area is 711 Å². The van der Waals surface area contributed by atoms with Crippen molar-refractivity contribution in [3.63, 3.8) is 0 Å². The van der Waals surface area contributed by atoms with Crippen molar-refractivity contribution in [3.05, 3.63) is 238 Å². The van der Waals surface area contributed by atoms with Crippen molar-refractivity contribution in [2.24, 2.45) is 0 Å². The number of H-pyrrole nitrogens is 3. The van der Waals surface area contributed by atoms with Crippen LogP contribution in [0.2, 0.25) is 20.1 Å². The Hall–Kier alpha value is -8.41. The van der Waals surface area contributed by atoms with E-state index in [0.29, 0.717) is 64.2 Å². The van der Waals surface area contributed by atoms with E-state index in [1.807, 2.05) is 5.32 Å². The van der Waals surface area contributed by atoms with Crippen LogP contribution < -0.4 is 57.2 Å². The molecule has 1 amide bonds. The van der Waals surface area contributed by atoms with E-state index < -0.39 is 237 Å². The average Bonchev–Trinajstić information content (AvgIpc) is 1.55. The number of phosphoric acid groups is 4. The van der Waals surface area contributed by atoms with Gasteiger partial charge in [0.2, 0.25) is 23.3 Å². The van der Waals surface area contributed by atoms with Gasteiger partial charge in [0, 0.05) is 48.5 Å². The first-order valence-corrected chi connectivity index (χ1v) is 41.4. The quantitative estimate of drug-likeness (QED) is 0.0458. The number of aliphatic hydroxyl groups is 8. The Morgan fingerprint density at radius 2 is 0.750 bits per heavy atom. The molecular formula is C65H58Cl4F8N8O35P4. The van der Waals surface area contributed by atoms with E-state index in [2.05, 4.69) is 15.6 Å². The van der Waals surface area contributed by atoms with E-state index in [4.69, 9.17) is 119 Å². The molecule has 124 heavy (non-hydrogen) atoms. The molecule has 672 valence electrons. The number of ether oxygens (including phenoxy) is 4. The van der Waals surface area contributed by atoms with Gasteiger partial charge in [-0.25, -0.2) is 50.2 Å². The Balaban J connectivity index is 0.000000148. The molecule has 12 heterocycles. The molecule has 4 aromatic carbocycles. The van der Waals surface area contributed by atoms with Crippen molar-refractivity contribution in [1.82, 2.24) is 38.9 Å². The summed E-state index contributed by atoms with van der Waals surface area (Å²) in [5.74, 6) is -22.3. The number of benzene rings is 4. The van der Waals surface area contributed by atoms with Crippen LogP contribution in [0.25, 0.3) is 0 Å². The molecule has 12 N–H and O–H groups in total. The highest BCUT2D eigenvalue weighted by atomic mass is 35.5. The lowest BCUT2D eigenvalue weighted by molar-refractivity contribution is -0.208. The van der Waals surface area contributed by atoms with E-state index >= 15 is 17.6 Å². The Morgan fingerprint density at radius 1 is 0.452 bits per heavy atom. The van der Waals surface area contributed by atoms with Gasteiger partial charge in [-0.3, -0.25) is 84.0 Å². The number of carbonyl (C=O) groups is 1. The maximum Gasteiger partial charge on any atom is 0.530 e. The highest BCUT2D eigenvalue weighted by molar-refractivity contribution is 7.49. The molecule has 16 rings (SSSR count). The minimum Gasteiger partial charge on any atom is -0.404 e. The van der Waals surface area contributed by atoms with Gasteiger partial charge in [0.15, 0.2) is 24.9 Å². The molecule has 0 radical (unpaired) electrons. The fraction of sp³-hybridized carbons (Fsp3) is 0.369. The largest absolute Gasteiger partial charge is 0.530 e. The molecule has 7 aromatic rings. The Morgan fingerprint density at radius 3 is 1.14 bits per heavy atom. The summed E-state index contributed by atoms with van der Waals surface area (Å²) in [6, 6.07) is 16.8. The number of hydrogen-bond donors (Lipinski definition) is 12. The zero-order valence-corrected chi connectivity index (χ0v) is 67.3. The van der Waals surface area contributed by atoms with Gasteiger partial charge in [0.05, 0.1) is 53.2 Å². The number of nitrogens with zero attached hydrogens (tertiary/aromatic N) is 4. The second kappa shape index (κ2) is 35.7. The van der Waals surface area contributed by atoms with Crippen molar-refractivity contribution < 1.29 is 180 Å². The molecule has 4 fully saturated rings. The maximum absolute atomic E-state index is 15.8. The van der Waals surface area contributed by atoms with Crippen LogP contribution in [0.15, 0.2) is 145 Å². The van der Waals surface area contributed by atoms with E-state index in [1.165, 1.54) is 82.8 Å². The van der Waals surface area contributed by atoms with E-state index in [-0.39, 0.29) is 57.7 Å². The molecule has 0 aliphatic carbocycles. The Bertz CT molecular complexity index is 6360. The average molecular weight is 1930 g/mol. The first-order chi connectivity index (χ1) is 60.3. The lowest BCUT2D eigenvalue weighted by atomic mass is 10.1. The first kappa shape index (κ1) is 85.0. The van der Waals surface area contributed by atoms with Crippen LogP contribution in [0.4, 0.5) is 35.1 Å². The summed E-state index contributed by atoms with van der Waals surface area (Å²) in [4.78, 5) is 85.6. The van der Waals surface area contributed by atoms with E-state index in [0.717, 1.165) is 0 Å². The summed E-state index contributed by atoms with van der Waals surface area (Å²) in [6.07, 6.45) is -29.1. The van der Waals surface area contributed by atoms with Crippen molar-refractivity contribution in [3.8, 4) is 23.0 Å². The van der Waals surface area contributed by atoms with E-state index in [9.17, 15) is 110 Å². The number of rotatable bonds is 16. The number of carbonyl (C=O) groups excluding carboxylic acids is 1. The Kier molecular flexibility index (Phi) is 24.5. The number of hydrogen-bond acceptors (Lipinski definition) is 36. The maximum atomic E-state index is 15.8. The van der Waals surface area contributed by atoms with Crippen LogP contribution in [0.1, 0.15) is 49.1 Å². The third kappa shape index (κ3) is 19.5. The number of nitrogens with one attached hydrogen (secondary N) is 4. The molecule has 0 spiro atoms. The summed E-state index contributed by atoms with van der Waals surface area (Å²) in [6.45, 7) is -8.34. The molecule has 4 unspecified atom stereocenters. The topological polar surface area (TPSA) is 575 Å². The molecular weight excluding hydrogens is 1870 g/mol. The number of aliphatic hydroxyl groups excluding tert-OH is 8. The first-order valence-electron chi connectivity index (χ1n) is 37.0. The van der Waals surface area contributed by atoms with Crippen molar-refractivity contribution >= 4 is 83.6 Å². The number of alkyl halides is 4. The van der Waals surface area contributed by atoms with Gasteiger partial charge in [-0.05, 0) is 72.8 Å². The van der Waals surface area contributed by atoms with Crippen molar-refractivity contribution in [2.75, 3.05) is 26.3 Å². The second-order valence-corrected chi connectivity index (χ2v) is 34.2. The van der Waals surface area contributed by atoms with Gasteiger partial charge < -0.3 is 88.1 Å². The van der Waals surface area contributed by atoms with Gasteiger partial charge in [0.1, 0.15) is 104 Å². The van der Waals surface area contributed by atoms with Gasteiger partial charge >= 0.3 is 48.4 Å². The predicted octanol–water partition coefficient (Wildman–Crippen LogP) is 4.77. The molecule has 59 heteroatoms. The van der Waals surface area contributed by atoms with Crippen LogP contribution in [0.5, 0.6) is 23.0 Å². The van der Waals surface area contributed by atoms with Gasteiger partial charge in [-0.15, -0.1) is 0 Å². The number of amides is 1. The number of aromatic amines is 3. The lowest BCUT2D eigenvalue weighted by Gasteiger charge is -2.33. The fourth-order valence-corrected chi connectivity index (χ4v) is 17.0. The molecule has 9 aliphatic rings. The van der Waals surface area contributed by atoms with Crippen LogP contribution in [0.3, 0.4) is 0 Å². The zero-order valence-electron chi connectivity index (χ0n) is 66.7. The number of fused-ring (bicyclic) bond motifs is 4. The van der Waals surface area contributed by atoms with Crippen molar-refractivity contribution in [1.29, 1.82) is 0 Å². The summed E-state index contributed by atoms with van der Waals surface area (Å²) in [5.41, 5.74) is -6.63. The normalized spacial score (nSPS) is 35.3. The van der Waals surface area contributed by atoms with Gasteiger partial charge in [-0.1, -0.05) is 53.0 Å². The third-order valence-corrected chi connectivity index (χ3v) is 23.7. The molecule has 9 aliphatic heterocycles. The molecule has 0 saturated carbocycles. The van der Waals surface area contributed by atoms with Crippen LogP contribution >= 0.6 is 77.7 Å². The summed E-state index contributed by atoms with van der Waals surface area (Å²) in [5, 5.41) is 84.6.